The molecule has 0 aliphatic carbocycles. The lowest BCUT2D eigenvalue weighted by Gasteiger charge is -2.25. The van der Waals surface area contributed by atoms with Gasteiger partial charge in [-0.05, 0) is 12.1 Å². The summed E-state index contributed by atoms with van der Waals surface area (Å²) in [7, 11) is 0. The molecule has 1 aromatic carbocycles. The van der Waals surface area contributed by atoms with Crippen LogP contribution in [-0.2, 0) is 11.3 Å². The molecular weight excluding hydrogens is 370 g/mol. The standard InChI is InChI=1S/C19H16F2N4O3/c20-15-2-1-13(16(21)5-15)8-25-18(26)4-3-17(24-25)14-6-22-19(23-7-14)28-11-12-9-27-10-12/h1-7,12H,8-11H2. The number of ether oxygens (including phenoxy) is 2. The van der Waals surface area contributed by atoms with Crippen molar-refractivity contribution in [2.75, 3.05) is 19.8 Å². The van der Waals surface area contributed by atoms with Crippen LogP contribution in [0, 0.1) is 17.6 Å². The van der Waals surface area contributed by atoms with Crippen molar-refractivity contribution in [3.8, 4) is 17.3 Å². The monoisotopic (exact) mass is 386 g/mol. The fourth-order valence-electron chi connectivity index (χ4n) is 2.62. The molecule has 3 aromatic rings. The zero-order valence-electron chi connectivity index (χ0n) is 14.7. The highest BCUT2D eigenvalue weighted by atomic mass is 19.1. The summed E-state index contributed by atoms with van der Waals surface area (Å²) in [4.78, 5) is 20.3. The number of hydrogen-bond acceptors (Lipinski definition) is 6. The average Bonchev–Trinajstić information content (AvgIpc) is 2.65. The zero-order valence-corrected chi connectivity index (χ0v) is 14.7. The highest BCUT2D eigenvalue weighted by Crippen LogP contribution is 2.17. The predicted molar refractivity (Wildman–Crippen MR) is 94.8 cm³/mol. The van der Waals surface area contributed by atoms with Gasteiger partial charge >= 0.3 is 6.01 Å². The van der Waals surface area contributed by atoms with Crippen LogP contribution in [0.25, 0.3) is 11.3 Å². The van der Waals surface area contributed by atoms with Crippen molar-refractivity contribution in [2.45, 2.75) is 6.54 Å². The Morgan fingerprint density at radius 3 is 2.61 bits per heavy atom. The van der Waals surface area contributed by atoms with Crippen LogP contribution in [-0.4, -0.2) is 39.6 Å². The zero-order chi connectivity index (χ0) is 19.5. The van der Waals surface area contributed by atoms with Crippen molar-refractivity contribution in [1.82, 2.24) is 19.7 Å². The molecule has 1 aliphatic heterocycles. The molecule has 0 atom stereocenters. The molecule has 0 unspecified atom stereocenters. The van der Waals surface area contributed by atoms with Gasteiger partial charge in [-0.1, -0.05) is 6.07 Å². The largest absolute Gasteiger partial charge is 0.463 e. The summed E-state index contributed by atoms with van der Waals surface area (Å²) in [5, 5.41) is 4.23. The number of rotatable bonds is 6. The second-order valence-corrected chi connectivity index (χ2v) is 6.42. The normalized spacial score (nSPS) is 13.9. The minimum Gasteiger partial charge on any atom is -0.463 e. The van der Waals surface area contributed by atoms with E-state index in [1.54, 1.807) is 0 Å². The third kappa shape index (κ3) is 4.04. The van der Waals surface area contributed by atoms with Crippen LogP contribution in [0.4, 0.5) is 8.78 Å². The lowest BCUT2D eigenvalue weighted by molar-refractivity contribution is -0.0520. The molecular formula is C19H16F2N4O3. The van der Waals surface area contributed by atoms with Gasteiger partial charge in [-0.3, -0.25) is 4.79 Å². The maximum absolute atomic E-state index is 13.9. The minimum absolute atomic E-state index is 0.121. The van der Waals surface area contributed by atoms with Crippen LogP contribution in [0.15, 0.2) is 47.5 Å². The van der Waals surface area contributed by atoms with Gasteiger partial charge in [0.15, 0.2) is 0 Å². The van der Waals surface area contributed by atoms with Crippen LogP contribution in [0.2, 0.25) is 0 Å². The van der Waals surface area contributed by atoms with Gasteiger partial charge in [0.2, 0.25) is 0 Å². The van der Waals surface area contributed by atoms with E-state index in [9.17, 15) is 13.6 Å². The summed E-state index contributed by atoms with van der Waals surface area (Å²) in [6.45, 7) is 1.73. The average molecular weight is 386 g/mol. The number of hydrogen-bond donors (Lipinski definition) is 0. The second kappa shape index (κ2) is 7.81. The van der Waals surface area contributed by atoms with Gasteiger partial charge in [0, 0.05) is 41.6 Å². The molecule has 9 heteroatoms. The fourth-order valence-corrected chi connectivity index (χ4v) is 2.62. The number of halogens is 2. The molecule has 0 amide bonds. The van der Waals surface area contributed by atoms with Crippen LogP contribution in [0.3, 0.4) is 0 Å². The summed E-state index contributed by atoms with van der Waals surface area (Å²) >= 11 is 0. The van der Waals surface area contributed by atoms with E-state index in [2.05, 4.69) is 15.1 Å². The molecule has 0 saturated carbocycles. The maximum atomic E-state index is 13.9. The summed E-state index contributed by atoms with van der Waals surface area (Å²) in [6.07, 6.45) is 3.07. The highest BCUT2D eigenvalue weighted by molar-refractivity contribution is 5.55. The van der Waals surface area contributed by atoms with Crippen molar-refractivity contribution in [1.29, 1.82) is 0 Å². The molecule has 28 heavy (non-hydrogen) atoms. The Labute approximate surface area is 158 Å². The number of aromatic nitrogens is 4. The van der Waals surface area contributed by atoms with Crippen molar-refractivity contribution in [3.63, 3.8) is 0 Å². The van der Waals surface area contributed by atoms with Gasteiger partial charge in [0.25, 0.3) is 5.56 Å². The molecule has 1 fully saturated rings. The van der Waals surface area contributed by atoms with E-state index in [-0.39, 0.29) is 18.1 Å². The summed E-state index contributed by atoms with van der Waals surface area (Å²) < 4.78 is 38.6. The summed E-state index contributed by atoms with van der Waals surface area (Å²) in [6, 6.07) is 6.29. The van der Waals surface area contributed by atoms with Crippen LogP contribution < -0.4 is 10.3 Å². The van der Waals surface area contributed by atoms with Gasteiger partial charge in [-0.25, -0.2) is 23.4 Å². The third-order valence-electron chi connectivity index (χ3n) is 4.28. The van der Waals surface area contributed by atoms with Gasteiger partial charge in [0.05, 0.1) is 32.1 Å². The minimum atomic E-state index is -0.735. The Bertz CT molecular complexity index is 1040. The summed E-state index contributed by atoms with van der Waals surface area (Å²) in [5.74, 6) is -1.05. The maximum Gasteiger partial charge on any atom is 0.316 e. The molecule has 1 saturated heterocycles. The van der Waals surface area contributed by atoms with Crippen molar-refractivity contribution in [2.24, 2.45) is 5.92 Å². The molecule has 0 radical (unpaired) electrons. The first-order valence-electron chi connectivity index (χ1n) is 8.63. The first-order chi connectivity index (χ1) is 13.6. The van der Waals surface area contributed by atoms with E-state index in [1.165, 1.54) is 30.6 Å². The highest BCUT2D eigenvalue weighted by Gasteiger charge is 2.19. The van der Waals surface area contributed by atoms with Gasteiger partial charge in [0.1, 0.15) is 11.6 Å². The molecule has 144 valence electrons. The van der Waals surface area contributed by atoms with E-state index in [1.807, 2.05) is 0 Å². The molecule has 3 heterocycles. The van der Waals surface area contributed by atoms with Gasteiger partial charge in [-0.2, -0.15) is 5.10 Å². The molecule has 0 N–H and O–H groups in total. The van der Waals surface area contributed by atoms with Gasteiger partial charge < -0.3 is 9.47 Å². The Morgan fingerprint density at radius 1 is 1.14 bits per heavy atom. The van der Waals surface area contributed by atoms with Crippen LogP contribution >= 0.6 is 0 Å². The van der Waals surface area contributed by atoms with Crippen LogP contribution in [0.5, 0.6) is 6.01 Å². The predicted octanol–water partition coefficient (Wildman–Crippen LogP) is 2.05. The van der Waals surface area contributed by atoms with Crippen LogP contribution in [0.1, 0.15) is 5.56 Å². The Balaban J connectivity index is 1.51. The van der Waals surface area contributed by atoms with Crippen molar-refractivity contribution in [3.05, 3.63) is 70.3 Å². The first kappa shape index (κ1) is 18.2. The molecule has 4 rings (SSSR count). The molecule has 0 spiro atoms. The molecule has 1 aliphatic rings. The second-order valence-electron chi connectivity index (χ2n) is 6.42. The van der Waals surface area contributed by atoms with Gasteiger partial charge in [-0.15, -0.1) is 0 Å². The smallest absolute Gasteiger partial charge is 0.316 e. The van der Waals surface area contributed by atoms with E-state index in [0.717, 1.165) is 16.8 Å². The number of benzene rings is 1. The van der Waals surface area contributed by atoms with E-state index in [0.29, 0.717) is 37.0 Å². The Morgan fingerprint density at radius 2 is 1.93 bits per heavy atom. The topological polar surface area (TPSA) is 79.1 Å². The first-order valence-corrected chi connectivity index (χ1v) is 8.63. The molecule has 0 bridgehead atoms. The molecule has 2 aromatic heterocycles. The number of nitrogens with zero attached hydrogens (tertiary/aromatic N) is 4. The van der Waals surface area contributed by atoms with Crippen molar-refractivity contribution >= 4 is 0 Å². The Kier molecular flexibility index (Phi) is 5.07. The summed E-state index contributed by atoms with van der Waals surface area (Å²) in [5.41, 5.74) is 0.776. The van der Waals surface area contributed by atoms with Crippen molar-refractivity contribution < 1.29 is 18.3 Å². The fraction of sp³-hybridized carbons (Fsp3) is 0.263. The van der Waals surface area contributed by atoms with E-state index in [4.69, 9.17) is 9.47 Å². The quantitative estimate of drug-likeness (QED) is 0.645. The Hall–Kier alpha value is -3.20. The lowest BCUT2D eigenvalue weighted by atomic mass is 10.1. The molecule has 7 nitrogen and oxygen atoms in total. The van der Waals surface area contributed by atoms with E-state index >= 15 is 0 Å². The van der Waals surface area contributed by atoms with E-state index < -0.39 is 17.2 Å². The lowest BCUT2D eigenvalue weighted by Crippen LogP contribution is -2.32. The third-order valence-corrected chi connectivity index (χ3v) is 4.28. The SMILES string of the molecule is O=c1ccc(-c2cnc(OCC3COC3)nc2)nn1Cc1ccc(F)cc1F.